The molecule has 1 unspecified atom stereocenters. The lowest BCUT2D eigenvalue weighted by Gasteiger charge is -2.42. The van der Waals surface area contributed by atoms with Gasteiger partial charge in [-0.2, -0.15) is 0 Å². The molecule has 118 valence electrons. The van der Waals surface area contributed by atoms with Crippen LogP contribution in [0.1, 0.15) is 69.7 Å². The topological polar surface area (TPSA) is 0 Å². The molecule has 0 heterocycles. The quantitative estimate of drug-likeness (QED) is 0.545. The van der Waals surface area contributed by atoms with E-state index in [1.807, 2.05) is 0 Å². The lowest BCUT2D eigenvalue weighted by atomic mass is 9.62. The molecule has 1 atom stereocenters. The average Bonchev–Trinajstić information content (AvgIpc) is 2.35. The number of fused-ring (bicyclic) bond motifs is 1. The summed E-state index contributed by atoms with van der Waals surface area (Å²) in [7, 11) is 2.79. The minimum absolute atomic E-state index is 0. The van der Waals surface area contributed by atoms with Crippen molar-refractivity contribution in [2.24, 2.45) is 0 Å². The van der Waals surface area contributed by atoms with Crippen LogP contribution in [0.3, 0.4) is 0 Å². The molecular formula is C19H30BrP. The highest BCUT2D eigenvalue weighted by Crippen LogP contribution is 2.47. The van der Waals surface area contributed by atoms with Gasteiger partial charge in [0.05, 0.1) is 0 Å². The Morgan fingerprint density at radius 3 is 2.05 bits per heavy atom. The summed E-state index contributed by atoms with van der Waals surface area (Å²) in [6.07, 6.45) is 5.89. The van der Waals surface area contributed by atoms with Crippen molar-refractivity contribution in [1.82, 2.24) is 0 Å². The van der Waals surface area contributed by atoms with Gasteiger partial charge in [0.25, 0.3) is 0 Å². The van der Waals surface area contributed by atoms with E-state index in [2.05, 4.69) is 69.0 Å². The molecule has 0 fully saturated rings. The Morgan fingerprint density at radius 2 is 1.57 bits per heavy atom. The number of benzene rings is 1. The third kappa shape index (κ3) is 3.62. The van der Waals surface area contributed by atoms with Crippen molar-refractivity contribution in [3.05, 3.63) is 40.5 Å². The maximum absolute atomic E-state index is 2.79. The minimum atomic E-state index is 0. The summed E-state index contributed by atoms with van der Waals surface area (Å²) in [4.78, 5) is 0. The van der Waals surface area contributed by atoms with Crippen LogP contribution in [0, 0.1) is 6.92 Å². The van der Waals surface area contributed by atoms with E-state index in [-0.39, 0.29) is 17.0 Å². The first-order valence-corrected chi connectivity index (χ1v) is 8.53. The van der Waals surface area contributed by atoms with Gasteiger partial charge in [-0.1, -0.05) is 45.9 Å². The van der Waals surface area contributed by atoms with Crippen LogP contribution in [-0.2, 0) is 10.8 Å². The molecule has 0 nitrogen and oxygen atoms in total. The summed E-state index contributed by atoms with van der Waals surface area (Å²) in [5.74, 6) is 0. The van der Waals surface area contributed by atoms with Gasteiger partial charge < -0.3 is 0 Å². The van der Waals surface area contributed by atoms with E-state index in [0.29, 0.717) is 10.8 Å². The molecule has 0 aliphatic heterocycles. The number of rotatable bonds is 2. The van der Waals surface area contributed by atoms with E-state index >= 15 is 0 Å². The summed E-state index contributed by atoms with van der Waals surface area (Å²) in [5, 5.41) is 0. The predicted molar refractivity (Wildman–Crippen MR) is 105 cm³/mol. The molecule has 0 radical (unpaired) electrons. The van der Waals surface area contributed by atoms with E-state index in [0.717, 1.165) is 6.16 Å². The molecule has 0 amide bonds. The zero-order chi connectivity index (χ0) is 15.1. The lowest BCUT2D eigenvalue weighted by Crippen LogP contribution is -2.34. The van der Waals surface area contributed by atoms with E-state index < -0.39 is 0 Å². The van der Waals surface area contributed by atoms with Gasteiger partial charge in [0.1, 0.15) is 0 Å². The summed E-state index contributed by atoms with van der Waals surface area (Å²) < 4.78 is 0. The van der Waals surface area contributed by atoms with Crippen molar-refractivity contribution in [2.75, 3.05) is 6.16 Å². The molecule has 1 aromatic rings. The number of hydrogen-bond acceptors (Lipinski definition) is 0. The van der Waals surface area contributed by atoms with E-state index in [1.54, 1.807) is 11.1 Å². The number of hydrogen-bond donors (Lipinski definition) is 0. The Morgan fingerprint density at radius 1 is 1.10 bits per heavy atom. The third-order valence-electron chi connectivity index (χ3n) is 5.05. The SMILES string of the molecule is Br.CC(=CCP)c1cc2c(cc1C)C(C)(C)CCC2(C)C. The average molecular weight is 369 g/mol. The van der Waals surface area contributed by atoms with Crippen LogP contribution in [0.25, 0.3) is 5.57 Å². The molecule has 0 aromatic heterocycles. The molecular weight excluding hydrogens is 339 g/mol. The molecule has 0 saturated carbocycles. The Balaban J connectivity index is 0.00000220. The molecule has 0 bridgehead atoms. The molecule has 1 aliphatic carbocycles. The normalized spacial score (nSPS) is 19.7. The largest absolute Gasteiger partial charge is 0.134 e. The Hall–Kier alpha value is -0.130. The van der Waals surface area contributed by atoms with Crippen LogP contribution in [-0.4, -0.2) is 6.16 Å². The van der Waals surface area contributed by atoms with Crippen LogP contribution < -0.4 is 0 Å². The number of allylic oxidation sites excluding steroid dienone is 2. The van der Waals surface area contributed by atoms with Crippen molar-refractivity contribution in [3.8, 4) is 0 Å². The molecule has 0 N–H and O–H groups in total. The lowest BCUT2D eigenvalue weighted by molar-refractivity contribution is 0.331. The summed E-state index contributed by atoms with van der Waals surface area (Å²) in [6.45, 7) is 14.1. The highest BCUT2D eigenvalue weighted by atomic mass is 79.9. The molecule has 2 rings (SSSR count). The minimum Gasteiger partial charge on any atom is -0.134 e. The standard InChI is InChI=1S/C19H29P.BrH/c1-13(7-10-20)15-12-17-16(11-14(15)2)18(3,4)8-9-19(17,5)6;/h7,11-12H,8-10,20H2,1-6H3;1H. The van der Waals surface area contributed by atoms with E-state index in [1.165, 1.54) is 29.5 Å². The Bertz CT molecular complexity index is 553. The Kier molecular flexibility index (Phi) is 5.90. The first-order chi connectivity index (χ1) is 9.19. The molecule has 1 aromatic carbocycles. The monoisotopic (exact) mass is 368 g/mol. The van der Waals surface area contributed by atoms with Gasteiger partial charge in [0.15, 0.2) is 0 Å². The summed E-state index contributed by atoms with van der Waals surface area (Å²) in [5.41, 5.74) is 7.98. The van der Waals surface area contributed by atoms with Crippen LogP contribution in [0.15, 0.2) is 18.2 Å². The fourth-order valence-electron chi connectivity index (χ4n) is 3.43. The van der Waals surface area contributed by atoms with Crippen LogP contribution in [0.4, 0.5) is 0 Å². The van der Waals surface area contributed by atoms with Crippen LogP contribution >= 0.6 is 26.2 Å². The van der Waals surface area contributed by atoms with E-state index in [9.17, 15) is 0 Å². The number of halogens is 1. The zero-order valence-electron chi connectivity index (χ0n) is 14.3. The maximum atomic E-state index is 2.79. The molecule has 2 heteroatoms. The van der Waals surface area contributed by atoms with Gasteiger partial charge in [-0.05, 0) is 71.5 Å². The second-order valence-electron chi connectivity index (χ2n) is 7.60. The predicted octanol–water partition coefficient (Wildman–Crippen LogP) is 6.20. The van der Waals surface area contributed by atoms with Crippen LogP contribution in [0.5, 0.6) is 0 Å². The van der Waals surface area contributed by atoms with Crippen molar-refractivity contribution in [2.45, 2.75) is 65.2 Å². The van der Waals surface area contributed by atoms with Gasteiger partial charge in [-0.25, -0.2) is 0 Å². The summed E-state index contributed by atoms with van der Waals surface area (Å²) in [6, 6.07) is 4.92. The Labute approximate surface area is 143 Å². The molecule has 1 aliphatic rings. The fraction of sp³-hybridized carbons (Fsp3) is 0.579. The highest BCUT2D eigenvalue weighted by Gasteiger charge is 2.37. The first-order valence-electron chi connectivity index (χ1n) is 7.72. The smallest absolute Gasteiger partial charge is 0.0100 e. The maximum Gasteiger partial charge on any atom is -0.0100 e. The second-order valence-corrected chi connectivity index (χ2v) is 8.07. The van der Waals surface area contributed by atoms with Gasteiger partial charge >= 0.3 is 0 Å². The van der Waals surface area contributed by atoms with Crippen LogP contribution in [0.2, 0.25) is 0 Å². The zero-order valence-corrected chi connectivity index (χ0v) is 17.2. The van der Waals surface area contributed by atoms with Gasteiger partial charge in [-0.15, -0.1) is 26.2 Å². The van der Waals surface area contributed by atoms with Crippen molar-refractivity contribution < 1.29 is 0 Å². The summed E-state index contributed by atoms with van der Waals surface area (Å²) >= 11 is 0. The second kappa shape index (κ2) is 6.55. The molecule has 0 spiro atoms. The van der Waals surface area contributed by atoms with Gasteiger partial charge in [0, 0.05) is 0 Å². The van der Waals surface area contributed by atoms with Crippen molar-refractivity contribution in [3.63, 3.8) is 0 Å². The van der Waals surface area contributed by atoms with Crippen molar-refractivity contribution >= 4 is 31.8 Å². The van der Waals surface area contributed by atoms with Gasteiger partial charge in [0.2, 0.25) is 0 Å². The third-order valence-corrected chi connectivity index (χ3v) is 5.28. The van der Waals surface area contributed by atoms with Crippen molar-refractivity contribution in [1.29, 1.82) is 0 Å². The highest BCUT2D eigenvalue weighted by molar-refractivity contribution is 8.93. The van der Waals surface area contributed by atoms with E-state index in [4.69, 9.17) is 0 Å². The molecule has 0 saturated heterocycles. The number of aryl methyl sites for hydroxylation is 1. The first kappa shape index (κ1) is 18.9. The molecule has 21 heavy (non-hydrogen) atoms. The fourth-order valence-corrected chi connectivity index (χ4v) is 3.79. The van der Waals surface area contributed by atoms with Gasteiger partial charge in [-0.3, -0.25) is 0 Å².